The van der Waals surface area contributed by atoms with Gasteiger partial charge in [-0.15, -0.1) is 0 Å². The molecule has 1 aromatic carbocycles. The molecule has 10 heteroatoms. The Kier molecular flexibility index (Phi) is 6.52. The fraction of sp³-hybridized carbons (Fsp3) is 0.462. The molecule has 0 fully saturated rings. The highest BCUT2D eigenvalue weighted by atomic mass is 19.4. The second-order valence-corrected chi connectivity index (χ2v) is 5.54. The molecule has 0 bridgehead atoms. The number of nitro groups is 1. The van der Waals surface area contributed by atoms with Crippen LogP contribution in [0.15, 0.2) is 12.1 Å². The summed E-state index contributed by atoms with van der Waals surface area (Å²) in [5.41, 5.74) is -3.43. The fourth-order valence-electron chi connectivity index (χ4n) is 1.36. The number of carbonyl (C=O) groups is 1. The molecule has 0 aliphatic heterocycles. The minimum atomic E-state index is -4.71. The predicted molar refractivity (Wildman–Crippen MR) is 76.5 cm³/mol. The summed E-state index contributed by atoms with van der Waals surface area (Å²) < 4.78 is 37.7. The Morgan fingerprint density at radius 1 is 1.26 bits per heavy atom. The molecule has 0 unspecified atom stereocenters. The second-order valence-electron chi connectivity index (χ2n) is 5.54. The van der Waals surface area contributed by atoms with Crippen molar-refractivity contribution in [3.05, 3.63) is 33.4 Å². The maximum Gasteiger partial charge on any atom is 0.416 e. The molecule has 23 heavy (non-hydrogen) atoms. The van der Waals surface area contributed by atoms with Crippen LogP contribution in [-0.4, -0.2) is 26.8 Å². The summed E-state index contributed by atoms with van der Waals surface area (Å²) in [5.74, 6) is 0. The number of carboxylic acid groups (broad SMARTS) is 1. The van der Waals surface area contributed by atoms with Crippen LogP contribution in [0.1, 0.15) is 31.9 Å². The van der Waals surface area contributed by atoms with Gasteiger partial charge in [0, 0.05) is 6.07 Å². The Morgan fingerprint density at radius 2 is 1.70 bits per heavy atom. The van der Waals surface area contributed by atoms with Crippen LogP contribution in [0.4, 0.5) is 29.3 Å². The number of benzene rings is 1. The van der Waals surface area contributed by atoms with Gasteiger partial charge in [-0.25, -0.2) is 4.79 Å². The van der Waals surface area contributed by atoms with E-state index in [1.807, 2.05) is 0 Å². The van der Waals surface area contributed by atoms with E-state index in [-0.39, 0.29) is 5.56 Å². The Bertz CT molecular complexity index is 588. The minimum absolute atomic E-state index is 0.356. The van der Waals surface area contributed by atoms with Gasteiger partial charge in [0.05, 0.1) is 16.1 Å². The van der Waals surface area contributed by atoms with Crippen molar-refractivity contribution in [3.8, 4) is 0 Å². The fourth-order valence-corrected chi connectivity index (χ4v) is 1.36. The average molecular weight is 338 g/mol. The second kappa shape index (κ2) is 7.27. The number of hydrogen-bond donors (Lipinski definition) is 3. The highest BCUT2D eigenvalue weighted by Crippen LogP contribution is 2.37. The highest BCUT2D eigenvalue weighted by Gasteiger charge is 2.34. The maximum atomic E-state index is 12.6. The summed E-state index contributed by atoms with van der Waals surface area (Å²) in [5, 5.41) is 29.1. The van der Waals surface area contributed by atoms with Crippen molar-refractivity contribution in [2.24, 2.45) is 0 Å². The Labute approximate surface area is 129 Å². The molecule has 0 saturated heterocycles. The molecule has 1 amide bonds. The third-order valence-corrected chi connectivity index (χ3v) is 2.09. The molecular weight excluding hydrogens is 321 g/mol. The zero-order chi connectivity index (χ0) is 18.6. The first kappa shape index (κ1) is 20.6. The highest BCUT2D eigenvalue weighted by molar-refractivity contribution is 5.86. The van der Waals surface area contributed by atoms with Crippen LogP contribution in [0.2, 0.25) is 0 Å². The van der Waals surface area contributed by atoms with Crippen molar-refractivity contribution in [2.45, 2.75) is 39.5 Å². The number of nitrogens with one attached hydrogen (secondary N) is 1. The lowest BCUT2D eigenvalue weighted by atomic mass is 10.1. The molecule has 0 heterocycles. The molecule has 0 aromatic heterocycles. The number of rotatable bonds is 2. The van der Waals surface area contributed by atoms with Crippen LogP contribution in [0.5, 0.6) is 0 Å². The monoisotopic (exact) mass is 338 g/mol. The molecule has 0 atom stereocenters. The van der Waals surface area contributed by atoms with Crippen molar-refractivity contribution in [2.75, 3.05) is 5.32 Å². The first-order valence-corrected chi connectivity index (χ1v) is 6.21. The maximum absolute atomic E-state index is 12.6. The third-order valence-electron chi connectivity index (χ3n) is 2.09. The topological polar surface area (TPSA) is 113 Å². The van der Waals surface area contributed by atoms with E-state index in [2.05, 4.69) is 0 Å². The quantitative estimate of drug-likeness (QED) is 0.561. The standard InChI is InChI=1S/C9H7F3N2O4.C4H10O/c1-4-2-7(14(17)18)6(13-8(15)16)3-5(4)9(10,11)12;1-4(2,3)5/h2-3,13H,1H3,(H,15,16);5H,1-3H3. The van der Waals surface area contributed by atoms with E-state index in [0.29, 0.717) is 12.1 Å². The van der Waals surface area contributed by atoms with Crippen LogP contribution in [0.25, 0.3) is 0 Å². The summed E-state index contributed by atoms with van der Waals surface area (Å²) in [4.78, 5) is 20.0. The van der Waals surface area contributed by atoms with Crippen molar-refractivity contribution in [1.29, 1.82) is 0 Å². The van der Waals surface area contributed by atoms with E-state index >= 15 is 0 Å². The number of aryl methyl sites for hydroxylation is 1. The summed E-state index contributed by atoms with van der Waals surface area (Å²) in [6, 6.07) is 1.08. The van der Waals surface area contributed by atoms with Gasteiger partial charge in [-0.3, -0.25) is 15.4 Å². The predicted octanol–water partition coefficient (Wildman–Crippen LogP) is 3.79. The van der Waals surface area contributed by atoms with Crippen molar-refractivity contribution < 1.29 is 33.1 Å². The molecule has 0 saturated carbocycles. The van der Waals surface area contributed by atoms with E-state index in [0.717, 1.165) is 6.92 Å². The summed E-state index contributed by atoms with van der Waals surface area (Å²) in [7, 11) is 0. The first-order valence-electron chi connectivity index (χ1n) is 6.21. The van der Waals surface area contributed by atoms with E-state index in [9.17, 15) is 28.1 Å². The lowest BCUT2D eigenvalue weighted by Gasteiger charge is -2.12. The molecule has 7 nitrogen and oxygen atoms in total. The largest absolute Gasteiger partial charge is 0.465 e. The van der Waals surface area contributed by atoms with Gasteiger partial charge < -0.3 is 10.2 Å². The van der Waals surface area contributed by atoms with Crippen molar-refractivity contribution >= 4 is 17.5 Å². The zero-order valence-electron chi connectivity index (χ0n) is 12.9. The lowest BCUT2D eigenvalue weighted by Crippen LogP contribution is -2.13. The summed E-state index contributed by atoms with van der Waals surface area (Å²) in [6.07, 6.45) is -6.40. The normalized spacial score (nSPS) is 11.3. The molecular formula is C13H17F3N2O5. The van der Waals surface area contributed by atoms with Crippen LogP contribution in [-0.2, 0) is 6.18 Å². The van der Waals surface area contributed by atoms with Gasteiger partial charge >= 0.3 is 12.3 Å². The lowest BCUT2D eigenvalue weighted by molar-refractivity contribution is -0.384. The Balaban J connectivity index is 0.000000841. The Hall–Kier alpha value is -2.36. The van der Waals surface area contributed by atoms with E-state index in [4.69, 9.17) is 10.2 Å². The van der Waals surface area contributed by atoms with E-state index < -0.39 is 39.7 Å². The first-order chi connectivity index (χ1) is 10.1. The molecule has 1 rings (SSSR count). The van der Waals surface area contributed by atoms with Crippen molar-refractivity contribution in [1.82, 2.24) is 0 Å². The number of nitro benzene ring substituents is 1. The molecule has 0 radical (unpaired) electrons. The van der Waals surface area contributed by atoms with Gasteiger partial charge in [-0.1, -0.05) is 0 Å². The van der Waals surface area contributed by atoms with Gasteiger partial charge in [-0.2, -0.15) is 13.2 Å². The number of anilines is 1. The smallest absolute Gasteiger partial charge is 0.416 e. The average Bonchev–Trinajstić information content (AvgIpc) is 2.26. The SMILES string of the molecule is CC(C)(C)O.Cc1cc([N+](=O)[O-])c(NC(=O)O)cc1C(F)(F)F. The number of aliphatic hydroxyl groups is 1. The van der Waals surface area contributed by atoms with Crippen LogP contribution < -0.4 is 5.32 Å². The summed E-state index contributed by atoms with van der Waals surface area (Å²) >= 11 is 0. The molecule has 0 aliphatic carbocycles. The molecule has 130 valence electrons. The summed E-state index contributed by atoms with van der Waals surface area (Å²) in [6.45, 7) is 6.29. The van der Waals surface area contributed by atoms with Crippen LogP contribution >= 0.6 is 0 Å². The van der Waals surface area contributed by atoms with Crippen LogP contribution in [0.3, 0.4) is 0 Å². The van der Waals surface area contributed by atoms with Crippen LogP contribution in [0, 0.1) is 17.0 Å². The zero-order valence-corrected chi connectivity index (χ0v) is 12.9. The van der Waals surface area contributed by atoms with E-state index in [1.165, 1.54) is 0 Å². The number of hydrogen-bond acceptors (Lipinski definition) is 4. The Morgan fingerprint density at radius 3 is 2.00 bits per heavy atom. The number of alkyl halides is 3. The van der Waals surface area contributed by atoms with Gasteiger partial charge in [-0.05, 0) is 39.3 Å². The van der Waals surface area contributed by atoms with E-state index in [1.54, 1.807) is 26.1 Å². The number of amides is 1. The molecule has 0 aliphatic rings. The van der Waals surface area contributed by atoms with Crippen molar-refractivity contribution in [3.63, 3.8) is 0 Å². The molecule has 3 N–H and O–H groups in total. The van der Waals surface area contributed by atoms with Gasteiger partial charge in [0.1, 0.15) is 5.69 Å². The number of nitrogens with zero attached hydrogens (tertiary/aromatic N) is 1. The van der Waals surface area contributed by atoms with Gasteiger partial charge in [0.2, 0.25) is 0 Å². The molecule has 0 spiro atoms. The molecule has 1 aromatic rings. The van der Waals surface area contributed by atoms with Gasteiger partial charge in [0.15, 0.2) is 0 Å². The third kappa shape index (κ3) is 8.00. The number of halogens is 3. The minimum Gasteiger partial charge on any atom is -0.465 e. The van der Waals surface area contributed by atoms with Gasteiger partial charge in [0.25, 0.3) is 5.69 Å².